The quantitative estimate of drug-likeness (QED) is 0.824. The number of benzene rings is 1. The van der Waals surface area contributed by atoms with Gasteiger partial charge in [-0.1, -0.05) is 6.92 Å². The van der Waals surface area contributed by atoms with E-state index in [0.29, 0.717) is 22.4 Å². The second-order valence-electron chi connectivity index (χ2n) is 3.97. The summed E-state index contributed by atoms with van der Waals surface area (Å²) in [5.74, 6) is -0.712. The van der Waals surface area contributed by atoms with Crippen LogP contribution in [0.1, 0.15) is 23.7 Å². The minimum Gasteiger partial charge on any atom is -0.495 e. The Bertz CT molecular complexity index is 492. The minimum atomic E-state index is -1.07. The number of amides is 1. The predicted octanol–water partition coefficient (Wildman–Crippen LogP) is 2.06. The second kappa shape index (κ2) is 7.14. The molecule has 1 aromatic rings. The molecule has 0 fully saturated rings. The summed E-state index contributed by atoms with van der Waals surface area (Å²) >= 11 is 3.30. The van der Waals surface area contributed by atoms with Gasteiger partial charge in [-0.15, -0.1) is 0 Å². The molecule has 1 rings (SSSR count). The maximum absolute atomic E-state index is 12.1. The molecule has 0 aromatic heterocycles. The second-order valence-corrected chi connectivity index (χ2v) is 4.76. The van der Waals surface area contributed by atoms with Gasteiger partial charge >= 0.3 is 5.97 Å². The summed E-state index contributed by atoms with van der Waals surface area (Å²) < 4.78 is 10.9. The van der Waals surface area contributed by atoms with Gasteiger partial charge < -0.3 is 19.9 Å². The monoisotopic (exact) mass is 345 g/mol. The lowest BCUT2D eigenvalue weighted by Gasteiger charge is -2.14. The topological polar surface area (TPSA) is 84.9 Å². The Hall–Kier alpha value is -1.76. The minimum absolute atomic E-state index is 0.265. The SMILES string of the molecule is CC[C@H](NC(=O)c1cc(OC)c(Br)c(OC)c1)C(=O)O. The number of methoxy groups -OCH3 is 2. The third kappa shape index (κ3) is 3.63. The normalized spacial score (nSPS) is 11.6. The number of aliphatic carboxylic acids is 1. The van der Waals surface area contributed by atoms with E-state index in [0.717, 1.165) is 0 Å². The number of carbonyl (C=O) groups is 2. The van der Waals surface area contributed by atoms with Crippen LogP contribution in [0, 0.1) is 0 Å². The Kier molecular flexibility index (Phi) is 5.82. The molecule has 7 heteroatoms. The zero-order valence-electron chi connectivity index (χ0n) is 11.4. The van der Waals surface area contributed by atoms with Crippen molar-refractivity contribution in [1.82, 2.24) is 5.32 Å². The Morgan fingerprint density at radius 2 is 1.80 bits per heavy atom. The summed E-state index contributed by atoms with van der Waals surface area (Å²) in [6, 6.07) is 2.09. The van der Waals surface area contributed by atoms with Crippen molar-refractivity contribution in [1.29, 1.82) is 0 Å². The van der Waals surface area contributed by atoms with Crippen LogP contribution in [0.4, 0.5) is 0 Å². The molecular weight excluding hydrogens is 330 g/mol. The van der Waals surface area contributed by atoms with Crippen molar-refractivity contribution in [2.75, 3.05) is 14.2 Å². The van der Waals surface area contributed by atoms with Crippen molar-refractivity contribution in [3.8, 4) is 11.5 Å². The molecule has 20 heavy (non-hydrogen) atoms. The maximum Gasteiger partial charge on any atom is 0.326 e. The largest absolute Gasteiger partial charge is 0.495 e. The molecule has 1 atom stereocenters. The molecule has 0 aliphatic heterocycles. The van der Waals surface area contributed by atoms with Crippen LogP contribution in [-0.4, -0.2) is 37.2 Å². The molecule has 1 amide bonds. The molecule has 1 aromatic carbocycles. The van der Waals surface area contributed by atoms with Crippen LogP contribution < -0.4 is 14.8 Å². The molecule has 6 nitrogen and oxygen atoms in total. The van der Waals surface area contributed by atoms with Crippen LogP contribution in [0.2, 0.25) is 0 Å². The first-order valence-electron chi connectivity index (χ1n) is 5.89. The van der Waals surface area contributed by atoms with E-state index in [1.54, 1.807) is 6.92 Å². The standard InChI is InChI=1S/C13H16BrNO5/c1-4-8(13(17)18)15-12(16)7-5-9(19-2)11(14)10(6-7)20-3/h5-6,8H,4H2,1-3H3,(H,15,16)(H,17,18)/t8-/m0/s1. The van der Waals surface area contributed by atoms with Crippen LogP contribution >= 0.6 is 15.9 Å². The van der Waals surface area contributed by atoms with E-state index < -0.39 is 17.9 Å². The molecule has 0 bridgehead atoms. The van der Waals surface area contributed by atoms with Crippen LogP contribution in [-0.2, 0) is 4.79 Å². The van der Waals surface area contributed by atoms with E-state index in [1.807, 2.05) is 0 Å². The number of carboxylic acid groups (broad SMARTS) is 1. The van der Waals surface area contributed by atoms with Gasteiger partial charge in [0.2, 0.25) is 0 Å². The Balaban J connectivity index is 3.07. The van der Waals surface area contributed by atoms with Crippen LogP contribution in [0.5, 0.6) is 11.5 Å². The predicted molar refractivity (Wildman–Crippen MR) is 76.4 cm³/mol. The fourth-order valence-corrected chi connectivity index (χ4v) is 2.13. The van der Waals surface area contributed by atoms with E-state index in [4.69, 9.17) is 14.6 Å². The summed E-state index contributed by atoms with van der Waals surface area (Å²) in [5, 5.41) is 11.4. The highest BCUT2D eigenvalue weighted by atomic mass is 79.9. The van der Waals surface area contributed by atoms with Crippen LogP contribution in [0.3, 0.4) is 0 Å². The zero-order chi connectivity index (χ0) is 15.3. The van der Waals surface area contributed by atoms with Crippen molar-refractivity contribution < 1.29 is 24.2 Å². The lowest BCUT2D eigenvalue weighted by molar-refractivity contribution is -0.139. The molecular formula is C13H16BrNO5. The highest BCUT2D eigenvalue weighted by Gasteiger charge is 2.20. The van der Waals surface area contributed by atoms with E-state index in [1.165, 1.54) is 26.4 Å². The van der Waals surface area contributed by atoms with Gasteiger partial charge in [0.05, 0.1) is 14.2 Å². The van der Waals surface area contributed by atoms with Crippen molar-refractivity contribution in [2.45, 2.75) is 19.4 Å². The van der Waals surface area contributed by atoms with Crippen molar-refractivity contribution in [2.24, 2.45) is 0 Å². The molecule has 0 unspecified atom stereocenters. The van der Waals surface area contributed by atoms with Gasteiger partial charge in [0, 0.05) is 5.56 Å². The van der Waals surface area contributed by atoms with Gasteiger partial charge in [-0.3, -0.25) is 4.79 Å². The highest BCUT2D eigenvalue weighted by Crippen LogP contribution is 2.35. The number of carboxylic acids is 1. The van der Waals surface area contributed by atoms with Crippen molar-refractivity contribution in [3.05, 3.63) is 22.2 Å². The molecule has 110 valence electrons. The van der Waals surface area contributed by atoms with Gasteiger partial charge in [0.1, 0.15) is 22.0 Å². The van der Waals surface area contributed by atoms with Gasteiger partial charge in [-0.2, -0.15) is 0 Å². The highest BCUT2D eigenvalue weighted by molar-refractivity contribution is 9.10. The number of halogens is 1. The molecule has 0 aliphatic rings. The van der Waals surface area contributed by atoms with E-state index >= 15 is 0 Å². The van der Waals surface area contributed by atoms with Crippen LogP contribution in [0.25, 0.3) is 0 Å². The summed E-state index contributed by atoms with van der Waals surface area (Å²) in [4.78, 5) is 23.0. The molecule has 0 saturated carbocycles. The average Bonchev–Trinajstić information content (AvgIpc) is 2.44. The summed E-state index contributed by atoms with van der Waals surface area (Å²) in [6.07, 6.45) is 0.297. The lowest BCUT2D eigenvalue weighted by atomic mass is 10.1. The first-order valence-corrected chi connectivity index (χ1v) is 6.69. The number of hydrogen-bond donors (Lipinski definition) is 2. The number of hydrogen-bond acceptors (Lipinski definition) is 4. The summed E-state index contributed by atoms with van der Waals surface area (Å²) in [6.45, 7) is 1.68. The number of ether oxygens (including phenoxy) is 2. The lowest BCUT2D eigenvalue weighted by Crippen LogP contribution is -2.40. The summed E-state index contributed by atoms with van der Waals surface area (Å²) in [5.41, 5.74) is 0.265. The maximum atomic E-state index is 12.1. The Morgan fingerprint density at radius 3 is 2.15 bits per heavy atom. The van der Waals surface area contributed by atoms with Gasteiger partial charge in [0.15, 0.2) is 0 Å². The molecule has 0 radical (unpaired) electrons. The van der Waals surface area contributed by atoms with Gasteiger partial charge in [0.25, 0.3) is 5.91 Å². The molecule has 0 spiro atoms. The molecule has 0 heterocycles. The van der Waals surface area contributed by atoms with E-state index in [-0.39, 0.29) is 5.56 Å². The van der Waals surface area contributed by atoms with Gasteiger partial charge in [-0.05, 0) is 34.5 Å². The number of carbonyl (C=O) groups excluding carboxylic acids is 1. The Morgan fingerprint density at radius 1 is 1.30 bits per heavy atom. The van der Waals surface area contributed by atoms with Gasteiger partial charge in [-0.25, -0.2) is 4.79 Å². The van der Waals surface area contributed by atoms with E-state index in [9.17, 15) is 9.59 Å². The number of rotatable bonds is 6. The van der Waals surface area contributed by atoms with Crippen molar-refractivity contribution >= 4 is 27.8 Å². The zero-order valence-corrected chi connectivity index (χ0v) is 13.0. The average molecular weight is 346 g/mol. The van der Waals surface area contributed by atoms with Crippen LogP contribution in [0.15, 0.2) is 16.6 Å². The third-order valence-corrected chi connectivity index (χ3v) is 3.50. The first-order chi connectivity index (χ1) is 9.44. The fraction of sp³-hybridized carbons (Fsp3) is 0.385. The van der Waals surface area contributed by atoms with Crippen molar-refractivity contribution in [3.63, 3.8) is 0 Å². The molecule has 0 saturated heterocycles. The first kappa shape index (κ1) is 16.3. The Labute approximate surface area is 125 Å². The smallest absolute Gasteiger partial charge is 0.326 e. The molecule has 2 N–H and O–H groups in total. The summed E-state index contributed by atoms with van der Waals surface area (Å²) in [7, 11) is 2.93. The third-order valence-electron chi connectivity index (χ3n) is 2.72. The molecule has 0 aliphatic carbocycles. The number of nitrogens with one attached hydrogen (secondary N) is 1. The fourth-order valence-electron chi connectivity index (χ4n) is 1.58. The van der Waals surface area contributed by atoms with E-state index in [2.05, 4.69) is 21.2 Å².